The molecule has 0 heterocycles. The Morgan fingerprint density at radius 2 is 1.72 bits per heavy atom. The Kier molecular flexibility index (Phi) is 3.83. The zero-order valence-corrected chi connectivity index (χ0v) is 11.8. The fourth-order valence-corrected chi connectivity index (χ4v) is 2.59. The van der Waals surface area contributed by atoms with Gasteiger partial charge in [-0.05, 0) is 42.7 Å². The van der Waals surface area contributed by atoms with Crippen molar-refractivity contribution in [1.82, 2.24) is 0 Å². The maximum absolute atomic E-state index is 13.0. The van der Waals surface area contributed by atoms with Crippen molar-refractivity contribution in [1.29, 1.82) is 0 Å². The molecule has 0 spiro atoms. The van der Waals surface area contributed by atoms with Crippen LogP contribution in [-0.4, -0.2) is 5.11 Å². The molecule has 0 aliphatic rings. The van der Waals surface area contributed by atoms with E-state index >= 15 is 0 Å². The first kappa shape index (κ1) is 13.2. The monoisotopic (exact) mass is 308 g/mol. The topological polar surface area (TPSA) is 20.2 Å². The van der Waals surface area contributed by atoms with E-state index in [4.69, 9.17) is 0 Å². The Morgan fingerprint density at radius 1 is 1.06 bits per heavy atom. The van der Waals surface area contributed by atoms with Crippen LogP contribution in [0.4, 0.5) is 4.39 Å². The van der Waals surface area contributed by atoms with Crippen molar-refractivity contribution in [3.63, 3.8) is 0 Å². The lowest BCUT2D eigenvalue weighted by molar-refractivity contribution is 0.218. The van der Waals surface area contributed by atoms with E-state index in [9.17, 15) is 9.50 Å². The van der Waals surface area contributed by atoms with Gasteiger partial charge in [-0.1, -0.05) is 45.8 Å². The zero-order valence-electron chi connectivity index (χ0n) is 10.2. The lowest BCUT2D eigenvalue weighted by Gasteiger charge is -2.16. The van der Waals surface area contributed by atoms with Crippen LogP contribution in [0.2, 0.25) is 0 Å². The third kappa shape index (κ3) is 2.62. The summed E-state index contributed by atoms with van der Waals surface area (Å²) in [4.78, 5) is 0. The molecule has 1 nitrogen and oxygen atoms in total. The summed E-state index contributed by atoms with van der Waals surface area (Å²) in [5, 5.41) is 10.4. The van der Waals surface area contributed by atoms with Gasteiger partial charge >= 0.3 is 0 Å². The third-order valence-electron chi connectivity index (χ3n) is 2.98. The summed E-state index contributed by atoms with van der Waals surface area (Å²) in [6.07, 6.45) is -0.749. The van der Waals surface area contributed by atoms with Gasteiger partial charge in [0.05, 0.1) is 0 Å². The van der Waals surface area contributed by atoms with E-state index in [1.807, 2.05) is 32.0 Å². The number of halogens is 2. The summed E-state index contributed by atoms with van der Waals surface area (Å²) in [6, 6.07) is 10.2. The van der Waals surface area contributed by atoms with Crippen molar-refractivity contribution >= 4 is 15.9 Å². The maximum Gasteiger partial charge on any atom is 0.124 e. The average molecular weight is 309 g/mol. The van der Waals surface area contributed by atoms with Gasteiger partial charge in [-0.3, -0.25) is 0 Å². The summed E-state index contributed by atoms with van der Waals surface area (Å²) in [6.45, 7) is 3.97. The predicted molar refractivity (Wildman–Crippen MR) is 74.1 cm³/mol. The van der Waals surface area contributed by atoms with Gasteiger partial charge in [0, 0.05) is 4.47 Å². The summed E-state index contributed by atoms with van der Waals surface area (Å²) in [7, 11) is 0. The minimum Gasteiger partial charge on any atom is -0.384 e. The first-order valence-corrected chi connectivity index (χ1v) is 6.48. The minimum atomic E-state index is -0.749. The number of aryl methyl sites for hydroxylation is 2. The van der Waals surface area contributed by atoms with Crippen LogP contribution >= 0.6 is 15.9 Å². The van der Waals surface area contributed by atoms with Crippen LogP contribution in [0, 0.1) is 19.7 Å². The summed E-state index contributed by atoms with van der Waals surface area (Å²) in [5.74, 6) is -0.321. The molecule has 3 heteroatoms. The molecule has 1 unspecified atom stereocenters. The molecule has 2 rings (SSSR count). The van der Waals surface area contributed by atoms with Gasteiger partial charge in [0.2, 0.25) is 0 Å². The standard InChI is InChI=1S/C15H14BrFO/c1-9-3-5-12(10(2)7-9)15(18)13-6-4-11(17)8-14(13)16/h3-8,15,18H,1-2H3. The summed E-state index contributed by atoms with van der Waals surface area (Å²) >= 11 is 3.28. The van der Waals surface area contributed by atoms with Crippen molar-refractivity contribution < 1.29 is 9.50 Å². The normalized spacial score (nSPS) is 12.5. The van der Waals surface area contributed by atoms with E-state index in [-0.39, 0.29) is 5.82 Å². The van der Waals surface area contributed by atoms with Gasteiger partial charge in [-0.2, -0.15) is 0 Å². The first-order valence-electron chi connectivity index (χ1n) is 5.69. The number of hydrogen-bond acceptors (Lipinski definition) is 1. The molecule has 1 atom stereocenters. The molecule has 0 saturated carbocycles. The van der Waals surface area contributed by atoms with Crippen molar-refractivity contribution in [2.24, 2.45) is 0 Å². The second kappa shape index (κ2) is 5.21. The van der Waals surface area contributed by atoms with Crippen molar-refractivity contribution in [2.45, 2.75) is 20.0 Å². The van der Waals surface area contributed by atoms with Crippen LogP contribution < -0.4 is 0 Å². The summed E-state index contributed by atoms with van der Waals surface area (Å²) in [5.41, 5.74) is 3.69. The molecule has 2 aromatic carbocycles. The van der Waals surface area contributed by atoms with Gasteiger partial charge in [0.15, 0.2) is 0 Å². The van der Waals surface area contributed by atoms with Crippen molar-refractivity contribution in [2.75, 3.05) is 0 Å². The quantitative estimate of drug-likeness (QED) is 0.877. The first-order chi connectivity index (χ1) is 8.49. The SMILES string of the molecule is Cc1ccc(C(O)c2ccc(F)cc2Br)c(C)c1. The lowest BCUT2D eigenvalue weighted by Crippen LogP contribution is -2.03. The Bertz CT molecular complexity index is 529. The van der Waals surface area contributed by atoms with Gasteiger partial charge in [-0.25, -0.2) is 4.39 Å². The molecule has 0 aromatic heterocycles. The highest BCUT2D eigenvalue weighted by molar-refractivity contribution is 9.10. The minimum absolute atomic E-state index is 0.321. The molecule has 0 radical (unpaired) electrons. The van der Waals surface area contributed by atoms with E-state index in [1.54, 1.807) is 6.07 Å². The Morgan fingerprint density at radius 3 is 2.33 bits per heavy atom. The van der Waals surface area contributed by atoms with Gasteiger partial charge < -0.3 is 5.11 Å². The molecular weight excluding hydrogens is 295 g/mol. The lowest BCUT2D eigenvalue weighted by atomic mass is 9.96. The molecule has 0 bridgehead atoms. The smallest absolute Gasteiger partial charge is 0.124 e. The van der Waals surface area contributed by atoms with E-state index < -0.39 is 6.10 Å². The highest BCUT2D eigenvalue weighted by atomic mass is 79.9. The number of benzene rings is 2. The number of aliphatic hydroxyl groups excluding tert-OH is 1. The molecule has 0 fully saturated rings. The number of aliphatic hydroxyl groups is 1. The Balaban J connectivity index is 2.44. The van der Waals surface area contributed by atoms with Gasteiger partial charge in [-0.15, -0.1) is 0 Å². The van der Waals surface area contributed by atoms with E-state index in [1.165, 1.54) is 12.1 Å². The van der Waals surface area contributed by atoms with Gasteiger partial charge in [0.25, 0.3) is 0 Å². The fraction of sp³-hybridized carbons (Fsp3) is 0.200. The van der Waals surface area contributed by atoms with Crippen molar-refractivity contribution in [3.05, 3.63) is 68.9 Å². The molecule has 0 aliphatic heterocycles. The number of rotatable bonds is 2. The fourth-order valence-electron chi connectivity index (χ4n) is 2.02. The summed E-state index contributed by atoms with van der Waals surface area (Å²) < 4.78 is 13.6. The second-order valence-corrected chi connectivity index (χ2v) is 5.28. The predicted octanol–water partition coefficient (Wildman–Crippen LogP) is 4.29. The van der Waals surface area contributed by atoms with Crippen LogP contribution in [0.3, 0.4) is 0 Å². The second-order valence-electron chi connectivity index (χ2n) is 4.43. The highest BCUT2D eigenvalue weighted by Gasteiger charge is 2.16. The van der Waals surface area contributed by atoms with Crippen molar-refractivity contribution in [3.8, 4) is 0 Å². The van der Waals surface area contributed by atoms with Crippen LogP contribution in [0.25, 0.3) is 0 Å². The molecule has 2 aromatic rings. The van der Waals surface area contributed by atoms with E-state index in [0.717, 1.165) is 16.7 Å². The van der Waals surface area contributed by atoms with Crippen LogP contribution in [0.15, 0.2) is 40.9 Å². The molecule has 0 aliphatic carbocycles. The van der Waals surface area contributed by atoms with E-state index in [2.05, 4.69) is 15.9 Å². The van der Waals surface area contributed by atoms with Crippen LogP contribution in [0.1, 0.15) is 28.4 Å². The zero-order chi connectivity index (χ0) is 13.3. The Labute approximate surface area is 114 Å². The largest absolute Gasteiger partial charge is 0.384 e. The molecular formula is C15H14BrFO. The third-order valence-corrected chi connectivity index (χ3v) is 3.66. The maximum atomic E-state index is 13.0. The molecule has 0 saturated heterocycles. The number of hydrogen-bond donors (Lipinski definition) is 1. The molecule has 94 valence electrons. The Hall–Kier alpha value is -1.19. The van der Waals surface area contributed by atoms with Crippen LogP contribution in [-0.2, 0) is 0 Å². The van der Waals surface area contributed by atoms with Crippen LogP contribution in [0.5, 0.6) is 0 Å². The molecule has 1 N–H and O–H groups in total. The molecule has 0 amide bonds. The average Bonchev–Trinajstić information content (AvgIpc) is 2.28. The van der Waals surface area contributed by atoms with Gasteiger partial charge in [0.1, 0.15) is 11.9 Å². The molecule has 18 heavy (non-hydrogen) atoms. The van der Waals surface area contributed by atoms with E-state index in [0.29, 0.717) is 10.0 Å². The highest BCUT2D eigenvalue weighted by Crippen LogP contribution is 2.30.